The highest BCUT2D eigenvalue weighted by Gasteiger charge is 2.22. The Morgan fingerprint density at radius 2 is 1.82 bits per heavy atom. The van der Waals surface area contributed by atoms with Crippen molar-refractivity contribution >= 4 is 22.6 Å². The molecule has 28 heavy (non-hydrogen) atoms. The molecule has 3 aromatic rings. The monoisotopic (exact) mass is 380 g/mol. The van der Waals surface area contributed by atoms with Gasteiger partial charge in [0.25, 0.3) is 0 Å². The molecule has 0 aliphatic carbocycles. The molecule has 1 aliphatic heterocycles. The van der Waals surface area contributed by atoms with Crippen LogP contribution in [-0.2, 0) is 4.79 Å². The van der Waals surface area contributed by atoms with E-state index in [1.54, 1.807) is 18.2 Å². The number of carbonyl (C=O) groups excluding carboxylic acids is 1. The molecule has 7 nitrogen and oxygen atoms in total. The molecule has 0 radical (unpaired) electrons. The first kappa shape index (κ1) is 18.3. The third-order valence-corrected chi connectivity index (χ3v) is 5.03. The number of H-pyrrole nitrogens is 2. The molecule has 0 atom stereocenters. The summed E-state index contributed by atoms with van der Waals surface area (Å²) in [5.41, 5.74) is 3.03. The molecular weight excluding hydrogens is 356 g/mol. The van der Waals surface area contributed by atoms with Crippen LogP contribution in [0, 0.1) is 6.92 Å². The number of benzene rings is 2. The molecule has 1 saturated heterocycles. The summed E-state index contributed by atoms with van der Waals surface area (Å²) < 4.78 is 6.04. The highest BCUT2D eigenvalue weighted by atomic mass is 16.5. The van der Waals surface area contributed by atoms with Crippen molar-refractivity contribution in [1.82, 2.24) is 14.9 Å². The van der Waals surface area contributed by atoms with Gasteiger partial charge in [0.2, 0.25) is 5.91 Å². The van der Waals surface area contributed by atoms with Gasteiger partial charge in [-0.1, -0.05) is 17.7 Å². The van der Waals surface area contributed by atoms with Crippen LogP contribution in [0.1, 0.15) is 18.4 Å². The van der Waals surface area contributed by atoms with Gasteiger partial charge >= 0.3 is 5.69 Å². The number of rotatable bonds is 5. The minimum atomic E-state index is -0.255. The third-order valence-electron chi connectivity index (χ3n) is 5.03. The van der Waals surface area contributed by atoms with Crippen LogP contribution in [0.4, 0.5) is 5.69 Å². The maximum absolute atomic E-state index is 12.4. The average Bonchev–Trinajstić information content (AvgIpc) is 3.04. The molecular formula is C21H24N4O3. The average molecular weight is 380 g/mol. The second-order valence-corrected chi connectivity index (χ2v) is 7.29. The highest BCUT2D eigenvalue weighted by molar-refractivity contribution is 5.94. The van der Waals surface area contributed by atoms with Gasteiger partial charge in [0.05, 0.1) is 17.6 Å². The fourth-order valence-electron chi connectivity index (χ4n) is 3.51. The summed E-state index contributed by atoms with van der Waals surface area (Å²) in [6, 6.07) is 13.4. The van der Waals surface area contributed by atoms with E-state index < -0.39 is 0 Å². The molecule has 1 fully saturated rings. The molecule has 2 heterocycles. The number of piperidine rings is 1. The van der Waals surface area contributed by atoms with Crippen LogP contribution in [0.15, 0.2) is 47.3 Å². The van der Waals surface area contributed by atoms with E-state index in [1.807, 2.05) is 12.1 Å². The molecule has 4 rings (SSSR count). The van der Waals surface area contributed by atoms with Crippen molar-refractivity contribution in [1.29, 1.82) is 0 Å². The molecule has 2 aromatic carbocycles. The number of aromatic nitrogens is 2. The molecule has 0 saturated carbocycles. The Morgan fingerprint density at radius 3 is 2.57 bits per heavy atom. The lowest BCUT2D eigenvalue weighted by Crippen LogP contribution is -2.42. The van der Waals surface area contributed by atoms with Gasteiger partial charge in [-0.05, 0) is 50.1 Å². The maximum atomic E-state index is 12.4. The van der Waals surface area contributed by atoms with Crippen molar-refractivity contribution in [2.24, 2.45) is 0 Å². The number of ether oxygens (including phenoxy) is 1. The number of imidazole rings is 1. The molecule has 1 amide bonds. The van der Waals surface area contributed by atoms with E-state index in [0.717, 1.165) is 37.2 Å². The van der Waals surface area contributed by atoms with Gasteiger partial charge in [-0.2, -0.15) is 0 Å². The van der Waals surface area contributed by atoms with Crippen LogP contribution in [0.3, 0.4) is 0 Å². The van der Waals surface area contributed by atoms with Crippen LogP contribution < -0.4 is 15.7 Å². The Balaban J connectivity index is 1.26. The highest BCUT2D eigenvalue weighted by Crippen LogP contribution is 2.20. The first-order valence-electron chi connectivity index (χ1n) is 9.53. The second-order valence-electron chi connectivity index (χ2n) is 7.29. The summed E-state index contributed by atoms with van der Waals surface area (Å²) in [4.78, 5) is 31.2. The fraction of sp³-hybridized carbons (Fsp3) is 0.333. The first-order valence-corrected chi connectivity index (χ1v) is 9.53. The van der Waals surface area contributed by atoms with Gasteiger partial charge in [-0.3, -0.25) is 9.69 Å². The number of nitrogens with zero attached hydrogens (tertiary/aromatic N) is 1. The van der Waals surface area contributed by atoms with Gasteiger partial charge in [0, 0.05) is 18.8 Å². The quantitative estimate of drug-likeness (QED) is 0.635. The predicted octanol–water partition coefficient (Wildman–Crippen LogP) is 2.65. The summed E-state index contributed by atoms with van der Waals surface area (Å²) in [6.45, 7) is 4.06. The Morgan fingerprint density at radius 1 is 1.11 bits per heavy atom. The topological polar surface area (TPSA) is 90.2 Å². The maximum Gasteiger partial charge on any atom is 0.323 e. The van der Waals surface area contributed by atoms with Crippen LogP contribution >= 0.6 is 0 Å². The van der Waals surface area contributed by atoms with E-state index in [-0.39, 0.29) is 17.7 Å². The standard InChI is InChI=1S/C21H24N4O3/c1-14-2-5-16(6-3-14)28-17-8-10-25(11-9-17)13-20(26)22-15-4-7-18-19(12-15)24-21(27)23-18/h2-7,12,17H,8-11,13H2,1H3,(H,22,26)(H2,23,24,27). The van der Waals surface area contributed by atoms with Gasteiger partial charge in [-0.25, -0.2) is 4.79 Å². The van der Waals surface area contributed by atoms with Crippen molar-refractivity contribution in [2.75, 3.05) is 25.0 Å². The number of likely N-dealkylation sites (tertiary alicyclic amines) is 1. The zero-order chi connectivity index (χ0) is 19.5. The van der Waals surface area contributed by atoms with E-state index >= 15 is 0 Å². The largest absolute Gasteiger partial charge is 0.490 e. The molecule has 7 heteroatoms. The number of aromatic amines is 2. The Kier molecular flexibility index (Phi) is 5.16. The number of fused-ring (bicyclic) bond motifs is 1. The van der Waals surface area contributed by atoms with Crippen molar-refractivity contribution in [3.05, 3.63) is 58.5 Å². The molecule has 0 bridgehead atoms. The van der Waals surface area contributed by atoms with Crippen molar-refractivity contribution in [2.45, 2.75) is 25.9 Å². The Labute approximate surface area is 162 Å². The summed E-state index contributed by atoms with van der Waals surface area (Å²) >= 11 is 0. The second kappa shape index (κ2) is 7.90. The predicted molar refractivity (Wildman–Crippen MR) is 109 cm³/mol. The van der Waals surface area contributed by atoms with Crippen LogP contribution in [0.5, 0.6) is 5.75 Å². The molecule has 1 aliphatic rings. The minimum absolute atomic E-state index is 0.0601. The molecule has 0 unspecified atom stereocenters. The zero-order valence-electron chi connectivity index (χ0n) is 15.8. The van der Waals surface area contributed by atoms with E-state index in [0.29, 0.717) is 17.7 Å². The normalized spacial score (nSPS) is 15.6. The van der Waals surface area contributed by atoms with E-state index in [4.69, 9.17) is 4.74 Å². The lowest BCUT2D eigenvalue weighted by molar-refractivity contribution is -0.117. The Bertz CT molecular complexity index is 1010. The minimum Gasteiger partial charge on any atom is -0.490 e. The number of amides is 1. The number of anilines is 1. The summed E-state index contributed by atoms with van der Waals surface area (Å²) in [7, 11) is 0. The van der Waals surface area contributed by atoms with Gasteiger partial charge in [-0.15, -0.1) is 0 Å². The third kappa shape index (κ3) is 4.43. The summed E-state index contributed by atoms with van der Waals surface area (Å²) in [6.07, 6.45) is 1.99. The van der Waals surface area contributed by atoms with Gasteiger partial charge in [0.1, 0.15) is 11.9 Å². The zero-order valence-corrected chi connectivity index (χ0v) is 15.8. The SMILES string of the molecule is Cc1ccc(OC2CCN(CC(=O)Nc3ccc4[nH]c(=O)[nH]c4c3)CC2)cc1. The van der Waals surface area contributed by atoms with E-state index in [2.05, 4.69) is 39.2 Å². The summed E-state index contributed by atoms with van der Waals surface area (Å²) in [5, 5.41) is 2.90. The number of aryl methyl sites for hydroxylation is 1. The fourth-order valence-corrected chi connectivity index (χ4v) is 3.51. The van der Waals surface area contributed by atoms with Crippen molar-refractivity contribution in [3.63, 3.8) is 0 Å². The van der Waals surface area contributed by atoms with Crippen LogP contribution in [0.2, 0.25) is 0 Å². The van der Waals surface area contributed by atoms with Crippen molar-refractivity contribution in [3.8, 4) is 5.75 Å². The van der Waals surface area contributed by atoms with Crippen molar-refractivity contribution < 1.29 is 9.53 Å². The molecule has 0 spiro atoms. The Hall–Kier alpha value is -3.06. The van der Waals surface area contributed by atoms with E-state index in [9.17, 15) is 9.59 Å². The number of carbonyl (C=O) groups is 1. The lowest BCUT2D eigenvalue weighted by Gasteiger charge is -2.31. The van der Waals surface area contributed by atoms with Crippen LogP contribution in [-0.4, -0.2) is 46.5 Å². The molecule has 3 N–H and O–H groups in total. The smallest absolute Gasteiger partial charge is 0.323 e. The van der Waals surface area contributed by atoms with Gasteiger partial charge in [0.15, 0.2) is 0 Å². The summed E-state index contributed by atoms with van der Waals surface area (Å²) in [5.74, 6) is 0.843. The lowest BCUT2D eigenvalue weighted by atomic mass is 10.1. The van der Waals surface area contributed by atoms with Crippen LogP contribution in [0.25, 0.3) is 11.0 Å². The number of nitrogens with one attached hydrogen (secondary N) is 3. The molecule has 1 aromatic heterocycles. The van der Waals surface area contributed by atoms with E-state index in [1.165, 1.54) is 5.56 Å². The van der Waals surface area contributed by atoms with Gasteiger partial charge < -0.3 is 20.0 Å². The molecule has 146 valence electrons. The number of hydrogen-bond acceptors (Lipinski definition) is 4. The first-order chi connectivity index (χ1) is 13.5. The number of hydrogen-bond donors (Lipinski definition) is 3.